The van der Waals surface area contributed by atoms with Crippen LogP contribution in [0.25, 0.3) is 0 Å². The van der Waals surface area contributed by atoms with Crippen molar-refractivity contribution >= 4 is 0 Å². The van der Waals surface area contributed by atoms with E-state index in [2.05, 4.69) is 55.1 Å². The molecule has 1 heterocycles. The first kappa shape index (κ1) is 17.1. The third-order valence-corrected chi connectivity index (χ3v) is 2.98. The van der Waals surface area contributed by atoms with Crippen LogP contribution in [0.2, 0.25) is 0 Å². The second-order valence-corrected chi connectivity index (χ2v) is 4.45. The molecule has 0 spiro atoms. The molecular formula is C16H30N2. The van der Waals surface area contributed by atoms with E-state index in [-0.39, 0.29) is 0 Å². The zero-order valence-electron chi connectivity index (χ0n) is 12.8. The topological polar surface area (TPSA) is 6.48 Å². The van der Waals surface area contributed by atoms with E-state index in [0.29, 0.717) is 0 Å². The lowest BCUT2D eigenvalue weighted by Gasteiger charge is -2.28. The molecule has 0 saturated carbocycles. The number of piperazine rings is 1. The zero-order valence-corrected chi connectivity index (χ0v) is 12.8. The van der Waals surface area contributed by atoms with Gasteiger partial charge in [0.05, 0.1) is 0 Å². The summed E-state index contributed by atoms with van der Waals surface area (Å²) in [6.45, 7) is 11.1. The maximum absolute atomic E-state index is 2.36. The average molecular weight is 250 g/mol. The maximum Gasteiger partial charge on any atom is 0.0107 e. The van der Waals surface area contributed by atoms with Crippen molar-refractivity contribution < 1.29 is 0 Å². The Morgan fingerprint density at radius 1 is 0.833 bits per heavy atom. The Kier molecular flexibility index (Phi) is 10.7. The monoisotopic (exact) mass is 250 g/mol. The number of benzene rings is 1. The fraction of sp³-hybridized carbons (Fsp3) is 0.625. The van der Waals surface area contributed by atoms with Crippen LogP contribution in [0.5, 0.6) is 0 Å². The molecule has 1 saturated heterocycles. The molecule has 18 heavy (non-hydrogen) atoms. The summed E-state index contributed by atoms with van der Waals surface area (Å²) in [7, 11) is 4.35. The minimum Gasteiger partial charge on any atom is -0.304 e. The highest BCUT2D eigenvalue weighted by molar-refractivity contribution is 5.13. The molecule has 0 radical (unpaired) electrons. The first-order chi connectivity index (χ1) is 8.72. The van der Waals surface area contributed by atoms with E-state index in [1.54, 1.807) is 0 Å². The number of likely N-dealkylation sites (N-methyl/N-ethyl adjacent to an activating group) is 2. The molecule has 1 aromatic rings. The minimum absolute atomic E-state index is 1.14. The number of rotatable bonds is 1. The number of nitrogens with zero attached hydrogens (tertiary/aromatic N) is 2. The van der Waals surface area contributed by atoms with E-state index in [4.69, 9.17) is 0 Å². The molecule has 0 aliphatic carbocycles. The van der Waals surface area contributed by atoms with Crippen LogP contribution in [-0.2, 0) is 6.42 Å². The Bertz CT molecular complexity index is 254. The fourth-order valence-corrected chi connectivity index (χ4v) is 1.62. The quantitative estimate of drug-likeness (QED) is 0.755. The van der Waals surface area contributed by atoms with Crippen LogP contribution in [0.1, 0.15) is 26.3 Å². The average Bonchev–Trinajstić information content (AvgIpc) is 2.46. The lowest BCUT2D eigenvalue weighted by Crippen LogP contribution is -2.42. The van der Waals surface area contributed by atoms with Crippen LogP contribution in [0.3, 0.4) is 0 Å². The molecule has 0 N–H and O–H groups in total. The summed E-state index contributed by atoms with van der Waals surface area (Å²) in [5.74, 6) is 0. The van der Waals surface area contributed by atoms with E-state index in [0.717, 1.165) is 6.42 Å². The minimum atomic E-state index is 1.14. The standard InChI is InChI=1S/C8H10.C6H14N2.C2H6/c1-2-8-6-4-3-5-7-8;1-7-3-5-8(2)6-4-7;1-2/h3-7H,2H2,1H3;3-6H2,1-2H3;1-2H3. The second kappa shape index (κ2) is 11.2. The zero-order chi connectivity index (χ0) is 13.8. The summed E-state index contributed by atoms with van der Waals surface area (Å²) in [6.07, 6.45) is 1.14. The third kappa shape index (κ3) is 8.26. The molecule has 1 aromatic carbocycles. The van der Waals surface area contributed by atoms with Gasteiger partial charge in [0.15, 0.2) is 0 Å². The highest BCUT2D eigenvalue weighted by atomic mass is 15.2. The fourth-order valence-electron chi connectivity index (χ4n) is 1.62. The molecule has 104 valence electrons. The Morgan fingerprint density at radius 3 is 1.50 bits per heavy atom. The molecule has 0 unspecified atom stereocenters. The number of aryl methyl sites for hydroxylation is 1. The van der Waals surface area contributed by atoms with Crippen molar-refractivity contribution in [2.45, 2.75) is 27.2 Å². The summed E-state index contributed by atoms with van der Waals surface area (Å²) in [6, 6.07) is 10.5. The molecule has 0 bridgehead atoms. The van der Waals surface area contributed by atoms with E-state index in [1.807, 2.05) is 19.9 Å². The first-order valence-electron chi connectivity index (χ1n) is 7.13. The van der Waals surface area contributed by atoms with Crippen LogP contribution in [0, 0.1) is 0 Å². The number of hydrogen-bond donors (Lipinski definition) is 0. The van der Waals surface area contributed by atoms with E-state index < -0.39 is 0 Å². The van der Waals surface area contributed by atoms with Crippen LogP contribution >= 0.6 is 0 Å². The lowest BCUT2D eigenvalue weighted by molar-refractivity contribution is 0.181. The summed E-state index contributed by atoms with van der Waals surface area (Å²) in [5, 5.41) is 0. The van der Waals surface area contributed by atoms with Crippen LogP contribution in [-0.4, -0.2) is 50.1 Å². The molecule has 2 nitrogen and oxygen atoms in total. The van der Waals surface area contributed by atoms with E-state index >= 15 is 0 Å². The summed E-state index contributed by atoms with van der Waals surface area (Å²) < 4.78 is 0. The van der Waals surface area contributed by atoms with E-state index in [9.17, 15) is 0 Å². The molecule has 1 fully saturated rings. The normalized spacial score (nSPS) is 16.1. The van der Waals surface area contributed by atoms with Crippen LogP contribution in [0.4, 0.5) is 0 Å². The summed E-state index contributed by atoms with van der Waals surface area (Å²) in [4.78, 5) is 4.72. The second-order valence-electron chi connectivity index (χ2n) is 4.45. The molecule has 1 aliphatic heterocycles. The SMILES string of the molecule is CC.CCc1ccccc1.CN1CCN(C)CC1. The Hall–Kier alpha value is -0.860. The molecule has 1 aliphatic rings. The van der Waals surface area contributed by atoms with Crippen molar-refractivity contribution in [2.24, 2.45) is 0 Å². The molecule has 0 aromatic heterocycles. The van der Waals surface area contributed by atoms with Crippen molar-refractivity contribution in [1.29, 1.82) is 0 Å². The number of hydrogen-bond acceptors (Lipinski definition) is 2. The van der Waals surface area contributed by atoms with Crippen molar-refractivity contribution in [2.75, 3.05) is 40.3 Å². The smallest absolute Gasteiger partial charge is 0.0107 e. The van der Waals surface area contributed by atoms with Gasteiger partial charge in [-0.1, -0.05) is 51.1 Å². The van der Waals surface area contributed by atoms with E-state index in [1.165, 1.54) is 31.7 Å². The van der Waals surface area contributed by atoms with Gasteiger partial charge in [0.25, 0.3) is 0 Å². The van der Waals surface area contributed by atoms with Gasteiger partial charge >= 0.3 is 0 Å². The Morgan fingerprint density at radius 2 is 1.22 bits per heavy atom. The van der Waals surface area contributed by atoms with Gasteiger partial charge < -0.3 is 9.80 Å². The van der Waals surface area contributed by atoms with Gasteiger partial charge in [-0.15, -0.1) is 0 Å². The maximum atomic E-state index is 2.36. The molecule has 0 atom stereocenters. The first-order valence-corrected chi connectivity index (χ1v) is 7.13. The van der Waals surface area contributed by atoms with Gasteiger partial charge in [-0.3, -0.25) is 0 Å². The summed E-state index contributed by atoms with van der Waals surface area (Å²) in [5.41, 5.74) is 1.41. The predicted molar refractivity (Wildman–Crippen MR) is 82.2 cm³/mol. The predicted octanol–water partition coefficient (Wildman–Crippen LogP) is 3.14. The largest absolute Gasteiger partial charge is 0.304 e. The molecule has 2 rings (SSSR count). The van der Waals surface area contributed by atoms with Gasteiger partial charge in [0.1, 0.15) is 0 Å². The summed E-state index contributed by atoms with van der Waals surface area (Å²) >= 11 is 0. The Balaban J connectivity index is 0.000000283. The van der Waals surface area contributed by atoms with Gasteiger partial charge in [-0.2, -0.15) is 0 Å². The molecule has 0 amide bonds. The van der Waals surface area contributed by atoms with Gasteiger partial charge in [0, 0.05) is 26.2 Å². The Labute approximate surface area is 114 Å². The van der Waals surface area contributed by atoms with Crippen molar-refractivity contribution in [3.8, 4) is 0 Å². The molecular weight excluding hydrogens is 220 g/mol. The van der Waals surface area contributed by atoms with Gasteiger partial charge in [-0.25, -0.2) is 0 Å². The van der Waals surface area contributed by atoms with Crippen molar-refractivity contribution in [3.63, 3.8) is 0 Å². The third-order valence-electron chi connectivity index (χ3n) is 2.98. The van der Waals surface area contributed by atoms with Crippen LogP contribution in [0.15, 0.2) is 30.3 Å². The van der Waals surface area contributed by atoms with Gasteiger partial charge in [-0.05, 0) is 26.1 Å². The van der Waals surface area contributed by atoms with Crippen molar-refractivity contribution in [1.82, 2.24) is 9.80 Å². The van der Waals surface area contributed by atoms with Crippen LogP contribution < -0.4 is 0 Å². The van der Waals surface area contributed by atoms with Gasteiger partial charge in [0.2, 0.25) is 0 Å². The highest BCUT2D eigenvalue weighted by Crippen LogP contribution is 1.96. The highest BCUT2D eigenvalue weighted by Gasteiger charge is 2.07. The lowest BCUT2D eigenvalue weighted by atomic mass is 10.2. The van der Waals surface area contributed by atoms with Crippen molar-refractivity contribution in [3.05, 3.63) is 35.9 Å². The molecule has 2 heteroatoms.